The van der Waals surface area contributed by atoms with Crippen molar-refractivity contribution >= 4 is 17.3 Å². The number of nitrogens with two attached hydrogens (primary N) is 1. The summed E-state index contributed by atoms with van der Waals surface area (Å²) >= 11 is 0. The quantitative estimate of drug-likeness (QED) is 0.782. The third-order valence-corrected chi connectivity index (χ3v) is 3.26. The van der Waals surface area contributed by atoms with Crippen LogP contribution in [0.5, 0.6) is 0 Å². The molecule has 4 heteroatoms. The lowest BCUT2D eigenvalue weighted by atomic mass is 10.1. The standard InChI is InChI=1S/C14H21N3O/c1-3-16-14(18)10-5-8-13(12(15)9-10)17(4-2)11-6-7-11/h5,8-9,11H,3-4,6-7,15H2,1-2H3,(H,16,18). The molecule has 0 unspecified atom stereocenters. The van der Waals surface area contributed by atoms with Crippen LogP contribution in [0.15, 0.2) is 18.2 Å². The Labute approximate surface area is 108 Å². The minimum Gasteiger partial charge on any atom is -0.397 e. The molecule has 18 heavy (non-hydrogen) atoms. The van der Waals surface area contributed by atoms with Gasteiger partial charge in [0.05, 0.1) is 11.4 Å². The molecule has 4 nitrogen and oxygen atoms in total. The molecule has 1 amide bonds. The summed E-state index contributed by atoms with van der Waals surface area (Å²) < 4.78 is 0. The summed E-state index contributed by atoms with van der Waals surface area (Å²) in [6.07, 6.45) is 2.48. The first-order chi connectivity index (χ1) is 8.67. The van der Waals surface area contributed by atoms with Gasteiger partial charge in [-0.25, -0.2) is 0 Å². The fourth-order valence-corrected chi connectivity index (χ4v) is 2.23. The molecule has 0 aliphatic heterocycles. The zero-order valence-corrected chi connectivity index (χ0v) is 11.1. The minimum absolute atomic E-state index is 0.0646. The van der Waals surface area contributed by atoms with E-state index in [1.54, 1.807) is 6.07 Å². The molecule has 2 rings (SSSR count). The third-order valence-electron chi connectivity index (χ3n) is 3.26. The van der Waals surface area contributed by atoms with E-state index < -0.39 is 0 Å². The fourth-order valence-electron chi connectivity index (χ4n) is 2.23. The van der Waals surface area contributed by atoms with Gasteiger partial charge in [-0.1, -0.05) is 0 Å². The second kappa shape index (κ2) is 5.29. The Morgan fingerprint density at radius 3 is 2.67 bits per heavy atom. The van der Waals surface area contributed by atoms with Gasteiger partial charge in [0.25, 0.3) is 5.91 Å². The maximum atomic E-state index is 11.7. The average molecular weight is 247 g/mol. The largest absolute Gasteiger partial charge is 0.397 e. The predicted molar refractivity (Wildman–Crippen MR) is 74.9 cm³/mol. The molecule has 0 heterocycles. The number of carbonyl (C=O) groups is 1. The molecule has 1 fully saturated rings. The van der Waals surface area contributed by atoms with Crippen LogP contribution in [0.3, 0.4) is 0 Å². The summed E-state index contributed by atoms with van der Waals surface area (Å²) in [7, 11) is 0. The first-order valence-electron chi connectivity index (χ1n) is 6.61. The highest BCUT2D eigenvalue weighted by molar-refractivity contribution is 5.96. The van der Waals surface area contributed by atoms with Crippen molar-refractivity contribution in [2.75, 3.05) is 23.7 Å². The Kier molecular flexibility index (Phi) is 3.75. The van der Waals surface area contributed by atoms with Crippen molar-refractivity contribution in [3.05, 3.63) is 23.8 Å². The van der Waals surface area contributed by atoms with E-state index in [1.165, 1.54) is 12.8 Å². The number of anilines is 2. The molecule has 98 valence electrons. The topological polar surface area (TPSA) is 58.4 Å². The summed E-state index contributed by atoms with van der Waals surface area (Å²) in [4.78, 5) is 14.0. The van der Waals surface area contributed by atoms with E-state index in [0.29, 0.717) is 23.8 Å². The van der Waals surface area contributed by atoms with Crippen molar-refractivity contribution in [2.24, 2.45) is 0 Å². The molecule has 0 radical (unpaired) electrons. The first-order valence-corrected chi connectivity index (χ1v) is 6.61. The van der Waals surface area contributed by atoms with Gasteiger partial charge in [0, 0.05) is 24.7 Å². The molecule has 3 N–H and O–H groups in total. The average Bonchev–Trinajstić information content (AvgIpc) is 3.17. The molecule has 1 aliphatic carbocycles. The van der Waals surface area contributed by atoms with Gasteiger partial charge in [0.1, 0.15) is 0 Å². The summed E-state index contributed by atoms with van der Waals surface area (Å²) in [5, 5.41) is 2.78. The number of benzene rings is 1. The third kappa shape index (κ3) is 2.58. The predicted octanol–water partition coefficient (Wildman–Crippen LogP) is 2.01. The number of carbonyl (C=O) groups excluding carboxylic acids is 1. The second-order valence-electron chi connectivity index (χ2n) is 4.65. The zero-order chi connectivity index (χ0) is 13.1. The maximum Gasteiger partial charge on any atom is 0.251 e. The van der Waals surface area contributed by atoms with Gasteiger partial charge in [0.2, 0.25) is 0 Å². The highest BCUT2D eigenvalue weighted by atomic mass is 16.1. The summed E-state index contributed by atoms with van der Waals surface area (Å²) in [5.74, 6) is -0.0646. The second-order valence-corrected chi connectivity index (χ2v) is 4.65. The van der Waals surface area contributed by atoms with E-state index in [9.17, 15) is 4.79 Å². The fraction of sp³-hybridized carbons (Fsp3) is 0.500. The van der Waals surface area contributed by atoms with Gasteiger partial charge >= 0.3 is 0 Å². The Morgan fingerprint density at radius 1 is 1.44 bits per heavy atom. The Morgan fingerprint density at radius 2 is 2.17 bits per heavy atom. The number of amides is 1. The highest BCUT2D eigenvalue weighted by Crippen LogP contribution is 2.34. The molecule has 0 saturated heterocycles. The number of nitrogens with zero attached hydrogens (tertiary/aromatic N) is 1. The molecule has 1 aromatic rings. The zero-order valence-electron chi connectivity index (χ0n) is 11.1. The normalized spacial score (nSPS) is 14.3. The maximum absolute atomic E-state index is 11.7. The van der Waals surface area contributed by atoms with Gasteiger partial charge in [-0.05, 0) is 44.9 Å². The molecule has 1 aromatic carbocycles. The van der Waals surface area contributed by atoms with E-state index in [4.69, 9.17) is 5.73 Å². The van der Waals surface area contributed by atoms with Crippen LogP contribution < -0.4 is 16.0 Å². The van der Waals surface area contributed by atoms with E-state index in [0.717, 1.165) is 12.2 Å². The lowest BCUT2D eigenvalue weighted by Gasteiger charge is -2.24. The van der Waals surface area contributed by atoms with Crippen LogP contribution in [0.2, 0.25) is 0 Å². The molecule has 0 atom stereocenters. The molecule has 1 aliphatic rings. The molecule has 0 bridgehead atoms. The van der Waals surface area contributed by atoms with E-state index in [1.807, 2.05) is 19.1 Å². The number of nitrogen functional groups attached to an aromatic ring is 1. The van der Waals surface area contributed by atoms with Gasteiger partial charge in [0.15, 0.2) is 0 Å². The molecular weight excluding hydrogens is 226 g/mol. The lowest BCUT2D eigenvalue weighted by molar-refractivity contribution is 0.0956. The van der Waals surface area contributed by atoms with Gasteiger partial charge in [-0.2, -0.15) is 0 Å². The molecule has 1 saturated carbocycles. The van der Waals surface area contributed by atoms with Gasteiger partial charge in [-0.3, -0.25) is 4.79 Å². The summed E-state index contributed by atoms with van der Waals surface area (Å²) in [5.41, 5.74) is 8.44. The van der Waals surface area contributed by atoms with E-state index >= 15 is 0 Å². The smallest absolute Gasteiger partial charge is 0.251 e. The summed E-state index contributed by atoms with van der Waals surface area (Å²) in [6, 6.07) is 6.21. The first kappa shape index (κ1) is 12.7. The number of hydrogen-bond acceptors (Lipinski definition) is 3. The minimum atomic E-state index is -0.0646. The summed E-state index contributed by atoms with van der Waals surface area (Å²) in [6.45, 7) is 5.62. The van der Waals surface area contributed by atoms with Crippen LogP contribution in [0.1, 0.15) is 37.0 Å². The molecule has 0 spiro atoms. The Bertz CT molecular complexity index is 441. The van der Waals surface area contributed by atoms with Crippen LogP contribution in [-0.4, -0.2) is 25.0 Å². The van der Waals surface area contributed by atoms with Gasteiger partial charge in [-0.15, -0.1) is 0 Å². The Balaban J connectivity index is 2.21. The van der Waals surface area contributed by atoms with Crippen molar-refractivity contribution in [3.8, 4) is 0 Å². The van der Waals surface area contributed by atoms with Crippen LogP contribution in [-0.2, 0) is 0 Å². The van der Waals surface area contributed by atoms with E-state index in [2.05, 4.69) is 17.1 Å². The van der Waals surface area contributed by atoms with Gasteiger partial charge < -0.3 is 16.0 Å². The highest BCUT2D eigenvalue weighted by Gasteiger charge is 2.29. The van der Waals surface area contributed by atoms with Crippen LogP contribution in [0.4, 0.5) is 11.4 Å². The van der Waals surface area contributed by atoms with Crippen LogP contribution >= 0.6 is 0 Å². The van der Waals surface area contributed by atoms with Crippen molar-refractivity contribution in [1.29, 1.82) is 0 Å². The Hall–Kier alpha value is -1.71. The van der Waals surface area contributed by atoms with Crippen molar-refractivity contribution in [1.82, 2.24) is 5.32 Å². The van der Waals surface area contributed by atoms with Crippen molar-refractivity contribution in [2.45, 2.75) is 32.7 Å². The number of rotatable bonds is 5. The van der Waals surface area contributed by atoms with Crippen LogP contribution in [0, 0.1) is 0 Å². The van der Waals surface area contributed by atoms with Crippen molar-refractivity contribution < 1.29 is 4.79 Å². The SMILES string of the molecule is CCNC(=O)c1ccc(N(CC)C2CC2)c(N)c1. The number of hydrogen-bond donors (Lipinski definition) is 2. The number of nitrogens with one attached hydrogen (secondary N) is 1. The monoisotopic (exact) mass is 247 g/mol. The van der Waals surface area contributed by atoms with E-state index in [-0.39, 0.29) is 5.91 Å². The van der Waals surface area contributed by atoms with Crippen LogP contribution in [0.25, 0.3) is 0 Å². The lowest BCUT2D eigenvalue weighted by Crippen LogP contribution is -2.27. The molecule has 0 aromatic heterocycles. The van der Waals surface area contributed by atoms with Crippen molar-refractivity contribution in [3.63, 3.8) is 0 Å². The molecular formula is C14H21N3O.